The van der Waals surface area contributed by atoms with E-state index in [1.807, 2.05) is 47.7 Å². The van der Waals surface area contributed by atoms with Crippen molar-refractivity contribution in [3.05, 3.63) is 87.4 Å². The summed E-state index contributed by atoms with van der Waals surface area (Å²) in [5, 5.41) is 2.97. The molecule has 3 aromatic heterocycles. The number of pyridine rings is 2. The number of aromatic nitrogens is 3. The summed E-state index contributed by atoms with van der Waals surface area (Å²) < 4.78 is 7.11. The predicted octanol–water partition coefficient (Wildman–Crippen LogP) is 5.01. The Balaban J connectivity index is 1.74. The van der Waals surface area contributed by atoms with E-state index in [9.17, 15) is 9.59 Å². The summed E-state index contributed by atoms with van der Waals surface area (Å²) in [6.07, 6.45) is 3.40. The Morgan fingerprint density at radius 1 is 1.14 bits per heavy atom. The Hall–Kier alpha value is -3.87. The number of carbonyl (C=O) groups is 1. The lowest BCUT2D eigenvalue weighted by atomic mass is 10.0. The van der Waals surface area contributed by atoms with Crippen LogP contribution in [0.25, 0.3) is 16.6 Å². The fraction of sp³-hybridized carbons (Fsp3) is 0.321. The van der Waals surface area contributed by atoms with Gasteiger partial charge in [-0.05, 0) is 66.3 Å². The zero-order valence-corrected chi connectivity index (χ0v) is 20.9. The maximum absolute atomic E-state index is 13.5. The highest BCUT2D eigenvalue weighted by Gasteiger charge is 2.18. The number of aromatic amines is 1. The second-order valence-electron chi connectivity index (χ2n) is 9.12. The van der Waals surface area contributed by atoms with Gasteiger partial charge in [-0.2, -0.15) is 0 Å². The van der Waals surface area contributed by atoms with E-state index in [0.29, 0.717) is 11.3 Å². The minimum Gasteiger partial charge on any atom is -0.497 e. The Labute approximate surface area is 205 Å². The molecule has 0 radical (unpaired) electrons. The van der Waals surface area contributed by atoms with Gasteiger partial charge in [-0.1, -0.05) is 39.3 Å². The van der Waals surface area contributed by atoms with Gasteiger partial charge in [0.05, 0.1) is 18.3 Å². The van der Waals surface area contributed by atoms with Gasteiger partial charge in [-0.3, -0.25) is 14.0 Å². The number of nitrogens with zero attached hydrogens (tertiary/aromatic N) is 2. The molecular weight excluding hydrogens is 440 g/mol. The number of aryl methyl sites for hydroxylation is 2. The zero-order valence-electron chi connectivity index (χ0n) is 20.9. The van der Waals surface area contributed by atoms with Crippen molar-refractivity contribution in [1.29, 1.82) is 0 Å². The molecule has 35 heavy (non-hydrogen) atoms. The number of H-pyrrole nitrogens is 1. The molecule has 7 heteroatoms. The lowest BCUT2D eigenvalue weighted by Gasteiger charge is -2.13. The molecule has 0 aliphatic carbocycles. The minimum absolute atomic E-state index is 0.157. The standard InChI is InChI=1S/C28H32N4O3/c1-6-7-20-12-18(4)31-27(33)23(20)15-29-28(34)25-14-21(19-8-10-22(35-5)11-9-19)13-24-26(17(2)3)30-16-32(24)25/h8-14,16-17H,6-7,15H2,1-5H3,(H,29,34)(H,31,33). The third-order valence-corrected chi connectivity index (χ3v) is 6.19. The molecule has 0 unspecified atom stereocenters. The van der Waals surface area contributed by atoms with Crippen LogP contribution in [0.3, 0.4) is 0 Å². The van der Waals surface area contributed by atoms with Gasteiger partial charge in [0, 0.05) is 17.8 Å². The SMILES string of the molecule is CCCc1cc(C)[nH]c(=O)c1CNC(=O)c1cc(-c2ccc(OC)cc2)cc2c(C(C)C)ncn12. The molecule has 4 rings (SSSR count). The third-order valence-electron chi connectivity index (χ3n) is 6.19. The van der Waals surface area contributed by atoms with Gasteiger partial charge in [0.1, 0.15) is 17.8 Å². The molecule has 0 aliphatic rings. The van der Waals surface area contributed by atoms with Gasteiger partial charge in [-0.15, -0.1) is 0 Å². The third kappa shape index (κ3) is 4.99. The maximum Gasteiger partial charge on any atom is 0.268 e. The molecule has 0 saturated heterocycles. The smallest absolute Gasteiger partial charge is 0.268 e. The highest BCUT2D eigenvalue weighted by molar-refractivity contribution is 5.95. The molecule has 2 N–H and O–H groups in total. The van der Waals surface area contributed by atoms with Crippen LogP contribution in [0.1, 0.15) is 66.1 Å². The summed E-state index contributed by atoms with van der Waals surface area (Å²) in [4.78, 5) is 33.5. The summed E-state index contributed by atoms with van der Waals surface area (Å²) in [6.45, 7) is 8.27. The molecule has 4 aromatic rings. The molecular formula is C28H32N4O3. The lowest BCUT2D eigenvalue weighted by molar-refractivity contribution is 0.0944. The number of imidazole rings is 1. The van der Waals surface area contributed by atoms with Crippen molar-refractivity contribution in [3.63, 3.8) is 0 Å². The monoisotopic (exact) mass is 472 g/mol. The van der Waals surface area contributed by atoms with Crippen molar-refractivity contribution >= 4 is 11.4 Å². The predicted molar refractivity (Wildman–Crippen MR) is 138 cm³/mol. The zero-order chi connectivity index (χ0) is 25.1. The van der Waals surface area contributed by atoms with E-state index in [0.717, 1.165) is 52.2 Å². The first-order chi connectivity index (χ1) is 16.8. The molecule has 0 atom stereocenters. The van der Waals surface area contributed by atoms with Crippen molar-refractivity contribution in [2.75, 3.05) is 7.11 Å². The summed E-state index contributed by atoms with van der Waals surface area (Å²) in [7, 11) is 1.63. The van der Waals surface area contributed by atoms with E-state index < -0.39 is 0 Å². The highest BCUT2D eigenvalue weighted by atomic mass is 16.5. The van der Waals surface area contributed by atoms with E-state index in [1.165, 1.54) is 0 Å². The fourth-order valence-corrected chi connectivity index (χ4v) is 4.41. The number of rotatable bonds is 8. The number of fused-ring (bicyclic) bond motifs is 1. The summed E-state index contributed by atoms with van der Waals surface area (Å²) in [5.41, 5.74) is 6.39. The minimum atomic E-state index is -0.263. The van der Waals surface area contributed by atoms with Crippen molar-refractivity contribution < 1.29 is 9.53 Å². The Morgan fingerprint density at radius 2 is 1.89 bits per heavy atom. The van der Waals surface area contributed by atoms with Crippen molar-refractivity contribution in [1.82, 2.24) is 19.7 Å². The Bertz CT molecular complexity index is 1410. The largest absolute Gasteiger partial charge is 0.497 e. The van der Waals surface area contributed by atoms with E-state index in [-0.39, 0.29) is 23.9 Å². The summed E-state index contributed by atoms with van der Waals surface area (Å²) >= 11 is 0. The van der Waals surface area contributed by atoms with Crippen LogP contribution < -0.4 is 15.6 Å². The highest BCUT2D eigenvalue weighted by Crippen LogP contribution is 2.28. The van der Waals surface area contributed by atoms with E-state index in [2.05, 4.69) is 42.1 Å². The molecule has 7 nitrogen and oxygen atoms in total. The van der Waals surface area contributed by atoms with Crippen LogP contribution in [-0.2, 0) is 13.0 Å². The normalized spacial score (nSPS) is 11.3. The first-order valence-electron chi connectivity index (χ1n) is 12.0. The fourth-order valence-electron chi connectivity index (χ4n) is 4.41. The van der Waals surface area contributed by atoms with Gasteiger partial charge >= 0.3 is 0 Å². The Morgan fingerprint density at radius 3 is 2.54 bits per heavy atom. The van der Waals surface area contributed by atoms with Gasteiger partial charge in [0.25, 0.3) is 11.5 Å². The molecule has 1 aromatic carbocycles. The van der Waals surface area contributed by atoms with Crippen LogP contribution in [0.15, 0.2) is 53.6 Å². The molecule has 0 bridgehead atoms. The number of hydrogen-bond donors (Lipinski definition) is 2. The molecule has 3 heterocycles. The topological polar surface area (TPSA) is 88.5 Å². The van der Waals surface area contributed by atoms with Gasteiger partial charge < -0.3 is 15.0 Å². The first-order valence-corrected chi connectivity index (χ1v) is 12.0. The number of hydrogen-bond acceptors (Lipinski definition) is 4. The van der Waals surface area contributed by atoms with E-state index >= 15 is 0 Å². The van der Waals surface area contributed by atoms with Gasteiger partial charge in [0.2, 0.25) is 0 Å². The molecule has 0 fully saturated rings. The summed E-state index contributed by atoms with van der Waals surface area (Å²) in [6, 6.07) is 13.7. The average molecular weight is 473 g/mol. The van der Waals surface area contributed by atoms with E-state index in [4.69, 9.17) is 4.74 Å². The first kappa shape index (κ1) is 24.3. The van der Waals surface area contributed by atoms with Crippen molar-refractivity contribution in [2.24, 2.45) is 0 Å². The number of methoxy groups -OCH3 is 1. The molecule has 1 amide bonds. The molecule has 182 valence electrons. The van der Waals surface area contributed by atoms with Crippen LogP contribution in [0.5, 0.6) is 5.75 Å². The number of amides is 1. The van der Waals surface area contributed by atoms with E-state index in [1.54, 1.807) is 13.4 Å². The van der Waals surface area contributed by atoms with Crippen LogP contribution in [0, 0.1) is 6.92 Å². The molecule has 0 saturated carbocycles. The van der Waals surface area contributed by atoms with Gasteiger partial charge in [-0.25, -0.2) is 4.98 Å². The molecule has 0 spiro atoms. The van der Waals surface area contributed by atoms with Crippen LogP contribution in [0.2, 0.25) is 0 Å². The van der Waals surface area contributed by atoms with Crippen molar-refractivity contribution in [3.8, 4) is 16.9 Å². The Kier molecular flexibility index (Phi) is 7.05. The number of nitrogens with one attached hydrogen (secondary N) is 2. The number of carbonyl (C=O) groups excluding carboxylic acids is 1. The second kappa shape index (κ2) is 10.2. The van der Waals surface area contributed by atoms with Gasteiger partial charge in [0.15, 0.2) is 0 Å². The van der Waals surface area contributed by atoms with Crippen LogP contribution in [-0.4, -0.2) is 27.4 Å². The number of ether oxygens (including phenoxy) is 1. The summed E-state index contributed by atoms with van der Waals surface area (Å²) in [5.74, 6) is 0.705. The lowest BCUT2D eigenvalue weighted by Crippen LogP contribution is -2.29. The quantitative estimate of drug-likeness (QED) is 0.377. The van der Waals surface area contributed by atoms with Crippen LogP contribution in [0.4, 0.5) is 0 Å². The van der Waals surface area contributed by atoms with Crippen LogP contribution >= 0.6 is 0 Å². The number of benzene rings is 1. The second-order valence-corrected chi connectivity index (χ2v) is 9.12. The average Bonchev–Trinajstić information content (AvgIpc) is 3.27. The maximum atomic E-state index is 13.5. The van der Waals surface area contributed by atoms with Crippen molar-refractivity contribution in [2.45, 2.75) is 53.0 Å². The molecule has 0 aliphatic heterocycles.